The van der Waals surface area contributed by atoms with E-state index in [4.69, 9.17) is 4.98 Å². The van der Waals surface area contributed by atoms with Crippen LogP contribution < -0.4 is 10.2 Å². The highest BCUT2D eigenvalue weighted by Crippen LogP contribution is 2.38. The second-order valence-corrected chi connectivity index (χ2v) is 9.89. The maximum atomic E-state index is 4.72. The standard InChI is InChI=1S/C26H29N5S/c1-17(2)19-4-6-20(7-5-19)22-15-32-26-24(22)25(28-16-29-26)30-21-8-9-23(27-14-21)31-12-10-18(3)11-13-31/h4-9,14-18H,10-13H2,1-3H3,(H,28,29,30). The average Bonchev–Trinajstić information content (AvgIpc) is 3.25. The van der Waals surface area contributed by atoms with Crippen molar-refractivity contribution in [1.82, 2.24) is 15.0 Å². The van der Waals surface area contributed by atoms with Crippen molar-refractivity contribution in [3.8, 4) is 11.1 Å². The Morgan fingerprint density at radius 1 is 1.00 bits per heavy atom. The third kappa shape index (κ3) is 4.19. The van der Waals surface area contributed by atoms with Gasteiger partial charge >= 0.3 is 0 Å². The van der Waals surface area contributed by atoms with E-state index < -0.39 is 0 Å². The van der Waals surface area contributed by atoms with E-state index in [1.807, 2.05) is 6.20 Å². The summed E-state index contributed by atoms with van der Waals surface area (Å²) in [7, 11) is 0. The number of rotatable bonds is 5. The lowest BCUT2D eigenvalue weighted by molar-refractivity contribution is 0.436. The lowest BCUT2D eigenvalue weighted by atomic mass is 9.99. The molecule has 164 valence electrons. The van der Waals surface area contributed by atoms with Crippen LogP contribution in [0, 0.1) is 5.92 Å². The maximum Gasteiger partial charge on any atom is 0.143 e. The van der Waals surface area contributed by atoms with Gasteiger partial charge in [0.05, 0.1) is 17.3 Å². The van der Waals surface area contributed by atoms with E-state index >= 15 is 0 Å². The number of pyridine rings is 1. The Kier molecular flexibility index (Phi) is 5.79. The summed E-state index contributed by atoms with van der Waals surface area (Å²) < 4.78 is 0. The summed E-state index contributed by atoms with van der Waals surface area (Å²) in [6.07, 6.45) is 6.01. The molecule has 0 radical (unpaired) electrons. The van der Waals surface area contributed by atoms with Crippen LogP contribution in [0.25, 0.3) is 21.3 Å². The molecule has 0 amide bonds. The molecular weight excluding hydrogens is 414 g/mol. The third-order valence-corrected chi connectivity index (χ3v) is 7.26. The normalized spacial score (nSPS) is 14.9. The minimum atomic E-state index is 0.521. The van der Waals surface area contributed by atoms with E-state index in [0.717, 1.165) is 52.1 Å². The number of nitrogens with one attached hydrogen (secondary N) is 1. The van der Waals surface area contributed by atoms with Crippen LogP contribution in [0.15, 0.2) is 54.3 Å². The first-order valence-corrected chi connectivity index (χ1v) is 12.3. The molecule has 1 saturated heterocycles. The molecule has 0 atom stereocenters. The minimum absolute atomic E-state index is 0.521. The van der Waals surface area contributed by atoms with Crippen molar-refractivity contribution in [3.63, 3.8) is 0 Å². The molecule has 0 bridgehead atoms. The number of nitrogens with zero attached hydrogens (tertiary/aromatic N) is 4. The lowest BCUT2D eigenvalue weighted by Gasteiger charge is -2.31. The largest absolute Gasteiger partial charge is 0.357 e. The van der Waals surface area contributed by atoms with Gasteiger partial charge in [-0.2, -0.15) is 0 Å². The Balaban J connectivity index is 1.41. The molecule has 0 saturated carbocycles. The van der Waals surface area contributed by atoms with E-state index in [0.29, 0.717) is 5.92 Å². The zero-order valence-electron chi connectivity index (χ0n) is 18.9. The van der Waals surface area contributed by atoms with Gasteiger partial charge in [0.1, 0.15) is 22.8 Å². The van der Waals surface area contributed by atoms with E-state index in [9.17, 15) is 0 Å². The quantitative estimate of drug-likeness (QED) is 0.365. The number of benzene rings is 1. The molecule has 5 rings (SSSR count). The first kappa shape index (κ1) is 20.9. The number of anilines is 3. The van der Waals surface area contributed by atoms with Crippen LogP contribution in [0.3, 0.4) is 0 Å². The molecular formula is C26H29N5S. The van der Waals surface area contributed by atoms with Crippen molar-refractivity contribution < 1.29 is 0 Å². The van der Waals surface area contributed by atoms with E-state index in [-0.39, 0.29) is 0 Å². The fourth-order valence-electron chi connectivity index (χ4n) is 4.25. The maximum absolute atomic E-state index is 4.72. The van der Waals surface area contributed by atoms with Crippen molar-refractivity contribution in [1.29, 1.82) is 0 Å². The third-order valence-electron chi connectivity index (χ3n) is 6.38. The highest BCUT2D eigenvalue weighted by Gasteiger charge is 2.17. The molecule has 5 nitrogen and oxygen atoms in total. The van der Waals surface area contributed by atoms with Crippen LogP contribution in [0.1, 0.15) is 45.1 Å². The molecule has 1 N–H and O–H groups in total. The molecule has 0 unspecified atom stereocenters. The molecule has 4 heterocycles. The monoisotopic (exact) mass is 443 g/mol. The summed E-state index contributed by atoms with van der Waals surface area (Å²) in [4.78, 5) is 17.2. The Hall–Kier alpha value is -2.99. The van der Waals surface area contributed by atoms with E-state index in [2.05, 4.69) is 82.7 Å². The van der Waals surface area contributed by atoms with Gasteiger partial charge in [0.25, 0.3) is 0 Å². The second-order valence-electron chi connectivity index (χ2n) is 9.03. The summed E-state index contributed by atoms with van der Waals surface area (Å²) in [5, 5.41) is 6.72. The van der Waals surface area contributed by atoms with Crippen LogP contribution >= 0.6 is 11.3 Å². The zero-order chi connectivity index (χ0) is 22.1. The van der Waals surface area contributed by atoms with Crippen LogP contribution in [-0.2, 0) is 0 Å². The number of hydrogen-bond acceptors (Lipinski definition) is 6. The topological polar surface area (TPSA) is 53.9 Å². The number of piperidine rings is 1. The Bertz CT molecular complexity index is 1190. The minimum Gasteiger partial charge on any atom is -0.357 e. The highest BCUT2D eigenvalue weighted by molar-refractivity contribution is 7.17. The van der Waals surface area contributed by atoms with Gasteiger partial charge in [0.15, 0.2) is 0 Å². The van der Waals surface area contributed by atoms with Crippen molar-refractivity contribution in [2.24, 2.45) is 5.92 Å². The van der Waals surface area contributed by atoms with Crippen molar-refractivity contribution in [2.45, 2.75) is 39.5 Å². The van der Waals surface area contributed by atoms with Crippen molar-refractivity contribution in [3.05, 3.63) is 59.9 Å². The number of aromatic nitrogens is 3. The van der Waals surface area contributed by atoms with Gasteiger partial charge in [-0.3, -0.25) is 0 Å². The van der Waals surface area contributed by atoms with E-state index in [1.54, 1.807) is 17.7 Å². The van der Waals surface area contributed by atoms with Gasteiger partial charge in [0.2, 0.25) is 0 Å². The number of thiophene rings is 1. The molecule has 0 spiro atoms. The summed E-state index contributed by atoms with van der Waals surface area (Å²) in [5.74, 6) is 3.21. The molecule has 1 fully saturated rings. The van der Waals surface area contributed by atoms with Gasteiger partial charge in [0, 0.05) is 24.0 Å². The highest BCUT2D eigenvalue weighted by atomic mass is 32.1. The fourth-order valence-corrected chi connectivity index (χ4v) is 5.17. The molecule has 1 aliphatic rings. The van der Waals surface area contributed by atoms with Crippen LogP contribution in [0.5, 0.6) is 0 Å². The van der Waals surface area contributed by atoms with Crippen LogP contribution in [-0.4, -0.2) is 28.0 Å². The molecule has 0 aliphatic carbocycles. The Morgan fingerprint density at radius 2 is 1.78 bits per heavy atom. The molecule has 6 heteroatoms. The molecule has 3 aromatic heterocycles. The first-order chi connectivity index (χ1) is 15.6. The SMILES string of the molecule is CC1CCN(c2ccc(Nc3ncnc4scc(-c5ccc(C(C)C)cc5)c34)cn2)CC1. The fraction of sp³-hybridized carbons (Fsp3) is 0.346. The summed E-state index contributed by atoms with van der Waals surface area (Å²) in [5.41, 5.74) is 4.63. The predicted octanol–water partition coefficient (Wildman–Crippen LogP) is 6.86. The average molecular weight is 444 g/mol. The summed E-state index contributed by atoms with van der Waals surface area (Å²) >= 11 is 1.65. The zero-order valence-corrected chi connectivity index (χ0v) is 19.7. The molecule has 1 aromatic carbocycles. The smallest absolute Gasteiger partial charge is 0.143 e. The van der Waals surface area contributed by atoms with Gasteiger partial charge in [-0.15, -0.1) is 11.3 Å². The molecule has 1 aliphatic heterocycles. The molecule has 32 heavy (non-hydrogen) atoms. The lowest BCUT2D eigenvalue weighted by Crippen LogP contribution is -2.33. The first-order valence-electron chi connectivity index (χ1n) is 11.4. The van der Waals surface area contributed by atoms with E-state index in [1.165, 1.54) is 24.0 Å². The van der Waals surface area contributed by atoms with Crippen molar-refractivity contribution in [2.75, 3.05) is 23.3 Å². The van der Waals surface area contributed by atoms with Crippen molar-refractivity contribution >= 4 is 38.9 Å². The Labute approximate surface area is 193 Å². The number of fused-ring (bicyclic) bond motifs is 1. The molecule has 4 aromatic rings. The van der Waals surface area contributed by atoms with Crippen LogP contribution in [0.2, 0.25) is 0 Å². The van der Waals surface area contributed by atoms with Gasteiger partial charge in [-0.1, -0.05) is 45.0 Å². The summed E-state index contributed by atoms with van der Waals surface area (Å²) in [6, 6.07) is 13.0. The second kappa shape index (κ2) is 8.87. The van der Waals surface area contributed by atoms with Gasteiger partial charge in [-0.05, 0) is 47.9 Å². The summed E-state index contributed by atoms with van der Waals surface area (Å²) in [6.45, 7) is 8.94. The Morgan fingerprint density at radius 3 is 2.47 bits per heavy atom. The number of hydrogen-bond donors (Lipinski definition) is 1. The van der Waals surface area contributed by atoms with Crippen LogP contribution in [0.4, 0.5) is 17.3 Å². The van der Waals surface area contributed by atoms with Gasteiger partial charge in [-0.25, -0.2) is 15.0 Å². The van der Waals surface area contributed by atoms with Gasteiger partial charge < -0.3 is 10.2 Å². The predicted molar refractivity (Wildman–Crippen MR) is 135 cm³/mol.